The van der Waals surface area contributed by atoms with E-state index >= 15 is 0 Å². The monoisotopic (exact) mass is 746 g/mol. The molecule has 2 atom stereocenters. The van der Waals surface area contributed by atoms with E-state index in [0.29, 0.717) is 11.1 Å². The summed E-state index contributed by atoms with van der Waals surface area (Å²) in [5, 5.41) is 14.9. The van der Waals surface area contributed by atoms with Crippen LogP contribution in [0.5, 0.6) is 11.5 Å². The van der Waals surface area contributed by atoms with Crippen molar-refractivity contribution in [2.24, 2.45) is 0 Å². The number of ether oxygens (including phenoxy) is 5. The summed E-state index contributed by atoms with van der Waals surface area (Å²) < 4.78 is 25.0. The third-order valence-electron chi connectivity index (χ3n) is 5.49. The molecule has 0 fully saturated rings. The van der Waals surface area contributed by atoms with Crippen LogP contribution in [0, 0.1) is 24.7 Å². The highest BCUT2D eigenvalue weighted by Gasteiger charge is 2.26. The molecule has 0 radical (unpaired) electrons. The normalized spacial score (nSPS) is 11.5. The summed E-state index contributed by atoms with van der Waals surface area (Å²) >= 11 is 3.01. The first kappa shape index (κ1) is 44.1. The van der Waals surface area contributed by atoms with Gasteiger partial charge in [0.15, 0.2) is 0 Å². The lowest BCUT2D eigenvalue weighted by Gasteiger charge is -2.22. The van der Waals surface area contributed by atoms with E-state index in [1.54, 1.807) is 77.9 Å². The number of alkyl halides is 1. The minimum absolute atomic E-state index is 0.133. The number of benzene rings is 2. The van der Waals surface area contributed by atoms with Crippen molar-refractivity contribution in [1.82, 2.24) is 10.6 Å². The van der Waals surface area contributed by atoms with Crippen molar-refractivity contribution < 1.29 is 48.0 Å². The quantitative estimate of drug-likeness (QED) is 0.126. The fourth-order valence-electron chi connectivity index (χ4n) is 3.52. The van der Waals surface area contributed by atoms with Crippen LogP contribution in [0.3, 0.4) is 0 Å². The van der Waals surface area contributed by atoms with Gasteiger partial charge in [0.05, 0.1) is 19.5 Å². The molecule has 2 aromatic rings. The number of terminal acetylenes is 2. The minimum Gasteiger partial charge on any atom is -0.508 e. The smallest absolute Gasteiger partial charge is 0.408 e. The number of hydrogen-bond donors (Lipinski definition) is 3. The molecule has 0 saturated heterocycles. The highest BCUT2D eigenvalue weighted by molar-refractivity contribution is 9.09. The third-order valence-corrected chi connectivity index (χ3v) is 5.82. The lowest BCUT2D eigenvalue weighted by atomic mass is 10.1. The molecular weight excluding hydrogens is 700 g/mol. The van der Waals surface area contributed by atoms with E-state index in [1.165, 1.54) is 26.4 Å². The Hall–Kier alpha value is -4.88. The number of carbonyl (C=O) groups is 4. The van der Waals surface area contributed by atoms with Gasteiger partial charge in [0.25, 0.3) is 0 Å². The number of phenolic OH excluding ortho intramolecular Hbond substituents is 1. The number of phenols is 1. The van der Waals surface area contributed by atoms with Crippen LogP contribution >= 0.6 is 15.9 Å². The maximum Gasteiger partial charge on any atom is 0.408 e. The third kappa shape index (κ3) is 21.6. The highest BCUT2D eigenvalue weighted by Crippen LogP contribution is 2.15. The number of amides is 2. The zero-order chi connectivity index (χ0) is 37.6. The Morgan fingerprint density at radius 3 is 1.41 bits per heavy atom. The topological polar surface area (TPSA) is 159 Å². The number of methoxy groups -OCH3 is 2. The second-order valence-electron chi connectivity index (χ2n) is 12.0. The first-order chi connectivity index (χ1) is 22.9. The maximum absolute atomic E-state index is 11.9. The van der Waals surface area contributed by atoms with Crippen molar-refractivity contribution in [3.8, 4) is 36.2 Å². The molecule has 0 aliphatic heterocycles. The van der Waals surface area contributed by atoms with Gasteiger partial charge in [0, 0.05) is 12.8 Å². The average Bonchev–Trinajstić information content (AvgIpc) is 3.02. The Morgan fingerprint density at radius 1 is 0.735 bits per heavy atom. The summed E-state index contributed by atoms with van der Waals surface area (Å²) in [5.74, 6) is 4.38. The second-order valence-corrected chi connectivity index (χ2v) is 12.6. The van der Waals surface area contributed by atoms with E-state index in [-0.39, 0.29) is 25.2 Å². The van der Waals surface area contributed by atoms with Gasteiger partial charge in [-0.3, -0.25) is 0 Å². The van der Waals surface area contributed by atoms with Crippen molar-refractivity contribution in [1.29, 1.82) is 0 Å². The fourth-order valence-corrected chi connectivity index (χ4v) is 3.52. The van der Waals surface area contributed by atoms with Crippen molar-refractivity contribution in [3.63, 3.8) is 0 Å². The standard InChI is InChI=1S/C18H23NO5.C15H21NO5.C3H3Br/c1-6-11-23-14-9-7-13(8-10-14)12-15(16(20)22-5)19-17(21)24-18(2,3)4;1-15(2,3)21-14(19)16-12(13(18)20-4)9-10-5-7-11(17)8-6-10;1-2-3-4/h1,7-10,15H,11-12H2,2-5H3,(H,19,21);5-8,12,17H,9H2,1-4H3,(H,16,19);1H,3H2/t15-;12-;/m00./s1. The van der Waals surface area contributed by atoms with Gasteiger partial charge in [0.2, 0.25) is 0 Å². The molecule has 0 heterocycles. The molecule has 0 saturated carbocycles. The first-order valence-electron chi connectivity index (χ1n) is 14.9. The Labute approximate surface area is 297 Å². The number of aromatic hydroxyl groups is 1. The summed E-state index contributed by atoms with van der Waals surface area (Å²) in [6, 6.07) is 11.7. The molecule has 3 N–H and O–H groups in total. The molecule has 12 nitrogen and oxygen atoms in total. The predicted molar refractivity (Wildman–Crippen MR) is 189 cm³/mol. The molecule has 2 aromatic carbocycles. The predicted octanol–water partition coefficient (Wildman–Crippen LogP) is 5.32. The van der Waals surface area contributed by atoms with Crippen LogP contribution in [0.1, 0.15) is 52.7 Å². The molecule has 49 heavy (non-hydrogen) atoms. The van der Waals surface area contributed by atoms with Crippen LogP contribution < -0.4 is 15.4 Å². The SMILES string of the molecule is C#CCBr.C#CCOc1ccc(C[C@H](NC(=O)OC(C)(C)C)C(=O)OC)cc1.COC(=O)[C@H](Cc1ccc(O)cc1)NC(=O)OC(C)(C)C. The van der Waals surface area contributed by atoms with Gasteiger partial charge in [-0.05, 0) is 76.9 Å². The number of nitrogens with one attached hydrogen (secondary N) is 2. The van der Waals surface area contributed by atoms with Gasteiger partial charge < -0.3 is 39.4 Å². The molecule has 2 rings (SSSR count). The van der Waals surface area contributed by atoms with E-state index < -0.39 is 47.4 Å². The maximum atomic E-state index is 11.9. The van der Waals surface area contributed by atoms with Gasteiger partial charge in [-0.2, -0.15) is 0 Å². The summed E-state index contributed by atoms with van der Waals surface area (Å²) in [6.45, 7) is 10.6. The molecule has 0 aliphatic carbocycles. The molecule has 2 amide bonds. The van der Waals surface area contributed by atoms with Gasteiger partial charge in [-0.15, -0.1) is 12.8 Å². The number of hydrogen-bond acceptors (Lipinski definition) is 10. The molecule has 0 unspecified atom stereocenters. The van der Waals surface area contributed by atoms with Crippen LogP contribution in [0.25, 0.3) is 0 Å². The number of halogens is 1. The molecular formula is C36H47BrN2O10. The molecule has 0 spiro atoms. The van der Waals surface area contributed by atoms with Gasteiger partial charge in [-0.1, -0.05) is 52.0 Å². The van der Waals surface area contributed by atoms with E-state index in [9.17, 15) is 24.3 Å². The average molecular weight is 748 g/mol. The van der Waals surface area contributed by atoms with Crippen molar-refractivity contribution in [3.05, 3.63) is 59.7 Å². The molecule has 0 aliphatic rings. The van der Waals surface area contributed by atoms with Crippen LogP contribution in [0.2, 0.25) is 0 Å². The van der Waals surface area contributed by atoms with Crippen LogP contribution in [0.15, 0.2) is 48.5 Å². The summed E-state index contributed by atoms with van der Waals surface area (Å²) in [5.41, 5.74) is 0.304. The lowest BCUT2D eigenvalue weighted by molar-refractivity contribution is -0.143. The summed E-state index contributed by atoms with van der Waals surface area (Å²) in [4.78, 5) is 47.3. The summed E-state index contributed by atoms with van der Waals surface area (Å²) in [6.07, 6.45) is 9.01. The Bertz CT molecular complexity index is 1400. The molecule has 0 aromatic heterocycles. The fraction of sp³-hybridized carbons (Fsp3) is 0.444. The number of esters is 2. The van der Waals surface area contributed by atoms with Crippen LogP contribution in [-0.4, -0.2) is 78.7 Å². The van der Waals surface area contributed by atoms with Crippen molar-refractivity contribution >= 4 is 40.1 Å². The van der Waals surface area contributed by atoms with Gasteiger partial charge in [0.1, 0.15) is 41.4 Å². The minimum atomic E-state index is -0.852. The number of rotatable bonds is 10. The Morgan fingerprint density at radius 2 is 1.10 bits per heavy atom. The Balaban J connectivity index is 0.000000853. The van der Waals surface area contributed by atoms with E-state index in [0.717, 1.165) is 11.1 Å². The van der Waals surface area contributed by atoms with E-state index in [1.807, 2.05) is 0 Å². The first-order valence-corrected chi connectivity index (χ1v) is 16.1. The number of alkyl carbamates (subject to hydrolysis) is 2. The van der Waals surface area contributed by atoms with Crippen molar-refractivity contribution in [2.45, 2.75) is 77.7 Å². The van der Waals surface area contributed by atoms with E-state index in [4.69, 9.17) is 31.8 Å². The highest BCUT2D eigenvalue weighted by atomic mass is 79.9. The van der Waals surface area contributed by atoms with Gasteiger partial charge >= 0.3 is 24.1 Å². The Kier molecular flexibility index (Phi) is 20.4. The molecule has 268 valence electrons. The number of carbonyl (C=O) groups excluding carboxylic acids is 4. The van der Waals surface area contributed by atoms with Gasteiger partial charge in [-0.25, -0.2) is 19.2 Å². The van der Waals surface area contributed by atoms with E-state index in [2.05, 4.69) is 43.1 Å². The zero-order valence-electron chi connectivity index (χ0n) is 29.3. The summed E-state index contributed by atoms with van der Waals surface area (Å²) in [7, 11) is 2.52. The molecule has 0 bridgehead atoms. The molecule has 13 heteroatoms. The second kappa shape index (κ2) is 22.6. The van der Waals surface area contributed by atoms with Crippen LogP contribution in [0.4, 0.5) is 9.59 Å². The lowest BCUT2D eigenvalue weighted by Crippen LogP contribution is -2.45. The largest absolute Gasteiger partial charge is 0.508 e. The van der Waals surface area contributed by atoms with Crippen LogP contribution in [-0.2, 0) is 41.4 Å². The zero-order valence-corrected chi connectivity index (χ0v) is 30.8. The van der Waals surface area contributed by atoms with Crippen molar-refractivity contribution in [2.75, 3.05) is 26.2 Å².